The summed E-state index contributed by atoms with van der Waals surface area (Å²) in [5.74, 6) is -3.12. The number of pyridine rings is 1. The normalized spacial score (nSPS) is 21.2. The van der Waals surface area contributed by atoms with Crippen molar-refractivity contribution in [3.8, 4) is 0 Å². The fourth-order valence-electron chi connectivity index (χ4n) is 5.41. The molecule has 1 saturated heterocycles. The fraction of sp³-hybridized carbons (Fsp3) is 0.654. The Morgan fingerprint density at radius 3 is 2.16 bits per heavy atom. The summed E-state index contributed by atoms with van der Waals surface area (Å²) in [6.07, 6.45) is 7.52. The lowest BCUT2D eigenvalue weighted by molar-refractivity contribution is -0.192. The third kappa shape index (κ3) is 8.16. The molecule has 2 heterocycles. The predicted octanol–water partition coefficient (Wildman–Crippen LogP) is 3.44. The van der Waals surface area contributed by atoms with Crippen LogP contribution in [0.15, 0.2) is 24.4 Å². The van der Waals surface area contributed by atoms with Crippen molar-refractivity contribution in [3.05, 3.63) is 30.1 Å². The molecule has 2 saturated carbocycles. The van der Waals surface area contributed by atoms with Gasteiger partial charge in [0.1, 0.15) is 17.8 Å². The van der Waals surface area contributed by atoms with Gasteiger partial charge in [-0.15, -0.1) is 0 Å². The second-order valence-electron chi connectivity index (χ2n) is 10.0. The average molecular weight is 541 g/mol. The van der Waals surface area contributed by atoms with Crippen molar-refractivity contribution in [2.24, 2.45) is 5.92 Å². The van der Waals surface area contributed by atoms with Crippen LogP contribution in [0.5, 0.6) is 0 Å². The largest absolute Gasteiger partial charge is 0.490 e. The number of aromatic nitrogens is 1. The van der Waals surface area contributed by atoms with E-state index < -0.39 is 24.2 Å². The van der Waals surface area contributed by atoms with E-state index in [1.807, 2.05) is 0 Å². The van der Waals surface area contributed by atoms with Crippen molar-refractivity contribution >= 4 is 23.7 Å². The number of likely N-dealkylation sites (tertiary alicyclic amines) is 1. The van der Waals surface area contributed by atoms with Crippen molar-refractivity contribution < 1.29 is 37.5 Å². The van der Waals surface area contributed by atoms with Crippen LogP contribution < -0.4 is 10.6 Å². The topological polar surface area (TPSA) is 129 Å². The van der Waals surface area contributed by atoms with Gasteiger partial charge in [0.25, 0.3) is 5.91 Å². The second-order valence-corrected chi connectivity index (χ2v) is 10.0. The van der Waals surface area contributed by atoms with Crippen LogP contribution in [0.2, 0.25) is 0 Å². The Morgan fingerprint density at radius 2 is 1.58 bits per heavy atom. The Balaban J connectivity index is 0.000000505. The number of halogens is 3. The molecular weight excluding hydrogens is 505 g/mol. The summed E-state index contributed by atoms with van der Waals surface area (Å²) in [5.41, 5.74) is 0.313. The van der Waals surface area contributed by atoms with Crippen LogP contribution in [0, 0.1) is 5.92 Å². The number of nitrogens with one attached hydrogen (secondary N) is 2. The minimum absolute atomic E-state index is 0.0313. The standard InChI is InChI=1S/C24H34N4O3.C2HF3O2/c29-22(19-13-6-7-15-25-19)27-21(17-9-2-1-3-10-17)24(31)28-16-8-14-20(28)23(30)26-18-11-4-5-12-18;3-2(4,5)1(6)7/h6-7,13,15,17-18,20-21H,1-5,8-12,14,16H2,(H,26,30)(H,27,29);(H,6,7)/t20-,21-;/m0./s1. The van der Waals surface area contributed by atoms with Crippen molar-refractivity contribution in [1.29, 1.82) is 0 Å². The number of alkyl halides is 3. The van der Waals surface area contributed by atoms with Crippen LogP contribution in [-0.4, -0.2) is 69.5 Å². The summed E-state index contributed by atoms with van der Waals surface area (Å²) in [5, 5.41) is 13.3. The lowest BCUT2D eigenvalue weighted by atomic mass is 9.83. The third-order valence-corrected chi connectivity index (χ3v) is 7.35. The summed E-state index contributed by atoms with van der Waals surface area (Å²) in [4.78, 5) is 54.2. The number of hydrogen-bond donors (Lipinski definition) is 3. The van der Waals surface area contributed by atoms with Gasteiger partial charge < -0.3 is 20.6 Å². The molecule has 0 unspecified atom stereocenters. The number of rotatable bonds is 6. The average Bonchev–Trinajstić information content (AvgIpc) is 3.60. The molecule has 4 rings (SSSR count). The van der Waals surface area contributed by atoms with E-state index in [2.05, 4.69) is 15.6 Å². The van der Waals surface area contributed by atoms with Gasteiger partial charge in [-0.05, 0) is 56.6 Å². The van der Waals surface area contributed by atoms with Crippen molar-refractivity contribution in [3.63, 3.8) is 0 Å². The quantitative estimate of drug-likeness (QED) is 0.507. The maximum absolute atomic E-state index is 13.7. The lowest BCUT2D eigenvalue weighted by Crippen LogP contribution is -2.56. The lowest BCUT2D eigenvalue weighted by Gasteiger charge is -2.34. The van der Waals surface area contributed by atoms with Crippen molar-refractivity contribution in [1.82, 2.24) is 20.5 Å². The van der Waals surface area contributed by atoms with Crippen LogP contribution in [-0.2, 0) is 14.4 Å². The molecule has 3 fully saturated rings. The molecule has 1 aromatic rings. The highest BCUT2D eigenvalue weighted by Gasteiger charge is 2.41. The second kappa shape index (κ2) is 13.6. The maximum atomic E-state index is 13.7. The van der Waals surface area contributed by atoms with Gasteiger partial charge in [-0.1, -0.05) is 38.2 Å². The van der Waals surface area contributed by atoms with E-state index in [0.29, 0.717) is 18.7 Å². The van der Waals surface area contributed by atoms with Gasteiger partial charge in [0.15, 0.2) is 0 Å². The molecule has 0 spiro atoms. The van der Waals surface area contributed by atoms with Gasteiger partial charge in [-0.3, -0.25) is 19.4 Å². The molecule has 3 aliphatic rings. The molecule has 38 heavy (non-hydrogen) atoms. The Labute approximate surface area is 219 Å². The number of carboxylic acid groups (broad SMARTS) is 1. The molecule has 0 radical (unpaired) electrons. The molecule has 2 aliphatic carbocycles. The summed E-state index contributed by atoms with van der Waals surface area (Å²) >= 11 is 0. The Hall–Kier alpha value is -3.18. The summed E-state index contributed by atoms with van der Waals surface area (Å²) in [7, 11) is 0. The minimum atomic E-state index is -5.08. The van der Waals surface area contributed by atoms with E-state index in [1.54, 1.807) is 29.3 Å². The molecule has 0 bridgehead atoms. The molecule has 9 nitrogen and oxygen atoms in total. The number of carbonyl (C=O) groups excluding carboxylic acids is 3. The van der Waals surface area contributed by atoms with E-state index >= 15 is 0 Å². The molecule has 210 valence electrons. The number of aliphatic carboxylic acids is 1. The van der Waals surface area contributed by atoms with Gasteiger partial charge in [0, 0.05) is 18.8 Å². The molecule has 0 aromatic carbocycles. The Kier molecular flexibility index (Phi) is 10.5. The molecule has 1 aliphatic heterocycles. The predicted molar refractivity (Wildman–Crippen MR) is 131 cm³/mol. The van der Waals surface area contributed by atoms with E-state index in [4.69, 9.17) is 9.90 Å². The number of hydrogen-bond acceptors (Lipinski definition) is 5. The number of amides is 3. The SMILES string of the molecule is O=C(N[C@H](C(=O)N1CCC[C@H]1C(=O)NC1CCCC1)C1CCCCC1)c1ccccn1.O=C(O)C(F)(F)F. The summed E-state index contributed by atoms with van der Waals surface area (Å²) in [6.45, 7) is 0.574. The van der Waals surface area contributed by atoms with Gasteiger partial charge in [-0.25, -0.2) is 4.79 Å². The molecule has 3 N–H and O–H groups in total. The van der Waals surface area contributed by atoms with Crippen LogP contribution in [0.4, 0.5) is 13.2 Å². The van der Waals surface area contributed by atoms with E-state index in [-0.39, 0.29) is 29.7 Å². The molecule has 1 aromatic heterocycles. The van der Waals surface area contributed by atoms with Crippen molar-refractivity contribution in [2.45, 2.75) is 94.9 Å². The highest BCUT2D eigenvalue weighted by molar-refractivity contribution is 5.97. The molecular formula is C26H35F3N4O5. The zero-order valence-corrected chi connectivity index (χ0v) is 21.2. The monoisotopic (exact) mass is 540 g/mol. The molecule has 12 heteroatoms. The van der Waals surface area contributed by atoms with Crippen LogP contribution in [0.1, 0.15) is 81.1 Å². The number of nitrogens with zero attached hydrogens (tertiary/aromatic N) is 2. The first kappa shape index (κ1) is 29.4. The zero-order valence-electron chi connectivity index (χ0n) is 21.2. The van der Waals surface area contributed by atoms with E-state index in [0.717, 1.165) is 57.8 Å². The van der Waals surface area contributed by atoms with E-state index in [9.17, 15) is 27.6 Å². The third-order valence-electron chi connectivity index (χ3n) is 7.35. The van der Waals surface area contributed by atoms with E-state index in [1.165, 1.54) is 6.42 Å². The summed E-state index contributed by atoms with van der Waals surface area (Å²) < 4.78 is 31.7. The minimum Gasteiger partial charge on any atom is -0.475 e. The maximum Gasteiger partial charge on any atom is 0.490 e. The van der Waals surface area contributed by atoms with Gasteiger partial charge in [0.05, 0.1) is 0 Å². The first-order valence-electron chi connectivity index (χ1n) is 13.2. The van der Waals surface area contributed by atoms with Crippen LogP contribution in [0.3, 0.4) is 0 Å². The van der Waals surface area contributed by atoms with Gasteiger partial charge in [-0.2, -0.15) is 13.2 Å². The Morgan fingerprint density at radius 1 is 0.947 bits per heavy atom. The fourth-order valence-corrected chi connectivity index (χ4v) is 5.41. The molecule has 3 amide bonds. The summed E-state index contributed by atoms with van der Waals surface area (Å²) in [6, 6.07) is 4.40. The zero-order chi connectivity index (χ0) is 27.7. The highest BCUT2D eigenvalue weighted by atomic mass is 19.4. The number of carbonyl (C=O) groups is 4. The number of carboxylic acids is 1. The molecule has 2 atom stereocenters. The Bertz CT molecular complexity index is 963. The first-order valence-corrected chi connectivity index (χ1v) is 13.2. The van der Waals surface area contributed by atoms with Crippen LogP contribution in [0.25, 0.3) is 0 Å². The smallest absolute Gasteiger partial charge is 0.475 e. The van der Waals surface area contributed by atoms with Crippen molar-refractivity contribution in [2.75, 3.05) is 6.54 Å². The van der Waals surface area contributed by atoms with Crippen LogP contribution >= 0.6 is 0 Å². The highest BCUT2D eigenvalue weighted by Crippen LogP contribution is 2.30. The van der Waals surface area contributed by atoms with Gasteiger partial charge >= 0.3 is 12.1 Å². The van der Waals surface area contributed by atoms with Gasteiger partial charge in [0.2, 0.25) is 11.8 Å². The first-order chi connectivity index (χ1) is 18.1.